The van der Waals surface area contributed by atoms with E-state index in [2.05, 4.69) is 4.98 Å². The second-order valence-electron chi connectivity index (χ2n) is 2.68. The molecule has 2 rings (SSSR count). The van der Waals surface area contributed by atoms with Crippen molar-refractivity contribution in [2.75, 3.05) is 13.2 Å². The van der Waals surface area contributed by atoms with Crippen LogP contribution in [0.2, 0.25) is 0 Å². The van der Waals surface area contributed by atoms with E-state index in [9.17, 15) is 13.6 Å². The fourth-order valence-corrected chi connectivity index (χ4v) is 0.910. The Morgan fingerprint density at radius 2 is 2.00 bits per heavy atom. The third-order valence-electron chi connectivity index (χ3n) is 1.51. The highest BCUT2D eigenvalue weighted by atomic mass is 19.1. The Kier molecular flexibility index (Phi) is 4.18. The summed E-state index contributed by atoms with van der Waals surface area (Å²) in [5.74, 6) is -2.14. The number of halogens is 2. The van der Waals surface area contributed by atoms with E-state index in [0.29, 0.717) is 6.07 Å². The average Bonchev–Trinajstić information content (AvgIpc) is 2.56. The molecule has 0 aromatic carbocycles. The van der Waals surface area contributed by atoms with Crippen molar-refractivity contribution >= 4 is 0 Å². The van der Waals surface area contributed by atoms with E-state index in [-0.39, 0.29) is 0 Å². The molecule has 1 fully saturated rings. The van der Waals surface area contributed by atoms with Crippen molar-refractivity contribution in [3.63, 3.8) is 0 Å². The molecule has 14 heavy (non-hydrogen) atoms. The molecule has 1 aromatic heterocycles. The van der Waals surface area contributed by atoms with Gasteiger partial charge in [-0.3, -0.25) is 4.98 Å². The molecular weight excluding hydrogens is 194 g/mol. The summed E-state index contributed by atoms with van der Waals surface area (Å²) in [4.78, 5) is 14.4. The van der Waals surface area contributed by atoms with E-state index in [1.165, 1.54) is 12.8 Å². The van der Waals surface area contributed by atoms with Gasteiger partial charge in [0.25, 0.3) is 0 Å². The minimum atomic E-state index is -1.11. The zero-order valence-corrected chi connectivity index (χ0v) is 7.43. The maximum atomic E-state index is 11.9. The van der Waals surface area contributed by atoms with Gasteiger partial charge in [-0.05, 0) is 12.8 Å². The third-order valence-corrected chi connectivity index (χ3v) is 1.51. The van der Waals surface area contributed by atoms with Crippen molar-refractivity contribution in [2.45, 2.75) is 12.8 Å². The standard InChI is InChI=1S/C4H2F2N2O.C4H8O/c5-2-1-3(6)8-4(9)7-2;1-2-4-5-3-1/h1H,(H,7,8,9);1-4H2. The Bertz CT molecular complexity index is 305. The second kappa shape index (κ2) is 5.43. The summed E-state index contributed by atoms with van der Waals surface area (Å²) in [6, 6.07) is 0.488. The lowest BCUT2D eigenvalue weighted by molar-refractivity contribution is 0.198. The minimum absolute atomic E-state index is 0.488. The highest BCUT2D eigenvalue weighted by Gasteiger charge is 1.95. The molecule has 2 heterocycles. The van der Waals surface area contributed by atoms with Crippen molar-refractivity contribution in [3.05, 3.63) is 28.4 Å². The summed E-state index contributed by atoms with van der Waals surface area (Å²) in [6.45, 7) is 2.00. The van der Waals surface area contributed by atoms with Gasteiger partial charge >= 0.3 is 5.69 Å². The van der Waals surface area contributed by atoms with Crippen LogP contribution in [0, 0.1) is 11.9 Å². The first-order valence-corrected chi connectivity index (χ1v) is 4.18. The van der Waals surface area contributed by atoms with E-state index >= 15 is 0 Å². The molecule has 1 aromatic rings. The molecule has 1 saturated heterocycles. The molecule has 1 N–H and O–H groups in total. The quantitative estimate of drug-likeness (QED) is 0.637. The van der Waals surface area contributed by atoms with E-state index in [0.717, 1.165) is 13.2 Å². The SMILES string of the molecule is C1CCOC1.O=c1nc(F)cc(F)[nH]1. The molecule has 0 radical (unpaired) electrons. The third kappa shape index (κ3) is 4.08. The summed E-state index contributed by atoms with van der Waals surface area (Å²) >= 11 is 0. The fraction of sp³-hybridized carbons (Fsp3) is 0.500. The lowest BCUT2D eigenvalue weighted by Crippen LogP contribution is -2.13. The Morgan fingerprint density at radius 1 is 1.36 bits per heavy atom. The molecule has 0 unspecified atom stereocenters. The van der Waals surface area contributed by atoms with Crippen LogP contribution in [0.15, 0.2) is 10.9 Å². The molecule has 0 bridgehead atoms. The first-order chi connectivity index (χ1) is 6.68. The maximum absolute atomic E-state index is 11.9. The average molecular weight is 204 g/mol. The van der Waals surface area contributed by atoms with Gasteiger partial charge in [-0.1, -0.05) is 0 Å². The Balaban J connectivity index is 0.000000165. The van der Waals surface area contributed by atoms with Gasteiger partial charge in [-0.2, -0.15) is 13.8 Å². The van der Waals surface area contributed by atoms with Crippen LogP contribution in [0.3, 0.4) is 0 Å². The first-order valence-electron chi connectivity index (χ1n) is 4.18. The van der Waals surface area contributed by atoms with Crippen LogP contribution in [0.25, 0.3) is 0 Å². The lowest BCUT2D eigenvalue weighted by Gasteiger charge is -1.84. The normalized spacial score (nSPS) is 14.7. The molecule has 0 atom stereocenters. The first kappa shape index (κ1) is 10.8. The summed E-state index contributed by atoms with van der Waals surface area (Å²) in [7, 11) is 0. The molecule has 6 heteroatoms. The topological polar surface area (TPSA) is 55.0 Å². The van der Waals surface area contributed by atoms with Crippen LogP contribution >= 0.6 is 0 Å². The highest BCUT2D eigenvalue weighted by Crippen LogP contribution is 1.98. The maximum Gasteiger partial charge on any atom is 0.349 e. The van der Waals surface area contributed by atoms with Crippen molar-refractivity contribution in [1.29, 1.82) is 0 Å². The molecule has 4 nitrogen and oxygen atoms in total. The summed E-state index contributed by atoms with van der Waals surface area (Å²) < 4.78 is 28.7. The van der Waals surface area contributed by atoms with Gasteiger partial charge < -0.3 is 4.74 Å². The minimum Gasteiger partial charge on any atom is -0.381 e. The van der Waals surface area contributed by atoms with Gasteiger partial charge in [0.1, 0.15) is 0 Å². The number of nitrogens with zero attached hydrogens (tertiary/aromatic N) is 1. The molecule has 0 saturated carbocycles. The van der Waals surface area contributed by atoms with Crippen LogP contribution < -0.4 is 5.69 Å². The van der Waals surface area contributed by atoms with Gasteiger partial charge in [0.05, 0.1) is 0 Å². The number of aromatic nitrogens is 2. The number of H-pyrrole nitrogens is 1. The molecule has 1 aliphatic heterocycles. The Labute approximate surface area is 78.9 Å². The predicted molar refractivity (Wildman–Crippen MR) is 44.8 cm³/mol. The molecule has 78 valence electrons. The largest absolute Gasteiger partial charge is 0.381 e. The van der Waals surface area contributed by atoms with Gasteiger partial charge in [0, 0.05) is 19.3 Å². The van der Waals surface area contributed by atoms with Crippen molar-refractivity contribution in [2.24, 2.45) is 0 Å². The van der Waals surface area contributed by atoms with Crippen LogP contribution in [-0.4, -0.2) is 23.2 Å². The zero-order valence-electron chi connectivity index (χ0n) is 7.43. The smallest absolute Gasteiger partial charge is 0.349 e. The Morgan fingerprint density at radius 3 is 2.36 bits per heavy atom. The summed E-state index contributed by atoms with van der Waals surface area (Å²) in [5, 5.41) is 0. The van der Waals surface area contributed by atoms with Gasteiger partial charge in [-0.25, -0.2) is 4.79 Å². The van der Waals surface area contributed by atoms with Crippen molar-refractivity contribution < 1.29 is 13.5 Å². The van der Waals surface area contributed by atoms with Crippen LogP contribution in [0.5, 0.6) is 0 Å². The predicted octanol–water partition coefficient (Wildman–Crippen LogP) is 0.845. The molecule has 1 aliphatic rings. The Hall–Kier alpha value is -1.30. The molecule has 0 amide bonds. The van der Waals surface area contributed by atoms with E-state index in [1.54, 1.807) is 4.98 Å². The van der Waals surface area contributed by atoms with Gasteiger partial charge in [-0.15, -0.1) is 0 Å². The number of nitrogens with one attached hydrogen (secondary N) is 1. The van der Waals surface area contributed by atoms with Crippen LogP contribution in [0.4, 0.5) is 8.78 Å². The molecule has 0 aliphatic carbocycles. The molecular formula is C8H10F2N2O2. The van der Waals surface area contributed by atoms with E-state index in [4.69, 9.17) is 4.74 Å². The van der Waals surface area contributed by atoms with Gasteiger partial charge in [0.15, 0.2) is 5.95 Å². The fourth-order valence-electron chi connectivity index (χ4n) is 0.910. The highest BCUT2D eigenvalue weighted by molar-refractivity contribution is 4.83. The second-order valence-corrected chi connectivity index (χ2v) is 2.68. The number of rotatable bonds is 0. The van der Waals surface area contributed by atoms with E-state index in [1.807, 2.05) is 0 Å². The van der Waals surface area contributed by atoms with E-state index < -0.39 is 17.6 Å². The molecule has 0 spiro atoms. The lowest BCUT2D eigenvalue weighted by atomic mass is 10.4. The number of ether oxygens (including phenoxy) is 1. The summed E-state index contributed by atoms with van der Waals surface area (Å²) in [5.41, 5.74) is -1.02. The number of hydrogen-bond acceptors (Lipinski definition) is 3. The summed E-state index contributed by atoms with van der Waals surface area (Å²) in [6.07, 6.45) is 2.56. The van der Waals surface area contributed by atoms with Crippen molar-refractivity contribution in [1.82, 2.24) is 9.97 Å². The van der Waals surface area contributed by atoms with Crippen LogP contribution in [0.1, 0.15) is 12.8 Å². The zero-order chi connectivity index (χ0) is 10.4. The van der Waals surface area contributed by atoms with Crippen LogP contribution in [-0.2, 0) is 4.74 Å². The van der Waals surface area contributed by atoms with Gasteiger partial charge in [0.2, 0.25) is 5.95 Å². The van der Waals surface area contributed by atoms with Crippen molar-refractivity contribution in [3.8, 4) is 0 Å². The monoisotopic (exact) mass is 204 g/mol. The number of hydrogen-bond donors (Lipinski definition) is 1. The number of aromatic amines is 1.